The van der Waals surface area contributed by atoms with E-state index in [4.69, 9.17) is 10.2 Å². The Hall–Kier alpha value is -1.97. The Morgan fingerprint density at radius 3 is 2.87 bits per heavy atom. The van der Waals surface area contributed by atoms with E-state index in [9.17, 15) is 4.79 Å². The van der Waals surface area contributed by atoms with Crippen LogP contribution in [0.4, 0.5) is 5.69 Å². The third kappa shape index (κ3) is 1.79. The number of nitrogens with two attached hydrogens (primary N) is 1. The van der Waals surface area contributed by atoms with Crippen molar-refractivity contribution in [3.8, 4) is 11.3 Å². The van der Waals surface area contributed by atoms with E-state index in [0.29, 0.717) is 18.0 Å². The zero-order valence-electron chi connectivity index (χ0n) is 8.43. The first-order chi connectivity index (χ1) is 7.20. The molecule has 0 unspecified atom stereocenters. The largest absolute Gasteiger partial charge is 0.419 e. The highest BCUT2D eigenvalue weighted by Gasteiger charge is 2.06. The van der Waals surface area contributed by atoms with Gasteiger partial charge in [0, 0.05) is 17.8 Å². The van der Waals surface area contributed by atoms with Crippen molar-refractivity contribution in [1.29, 1.82) is 0 Å². The van der Waals surface area contributed by atoms with Crippen molar-refractivity contribution in [2.45, 2.75) is 13.5 Å². The molecule has 0 amide bonds. The first kappa shape index (κ1) is 9.58. The Kier molecular flexibility index (Phi) is 2.33. The number of hydrogen-bond acceptors (Lipinski definition) is 3. The topological polar surface area (TPSA) is 61.2 Å². The second kappa shape index (κ2) is 3.65. The van der Waals surface area contributed by atoms with Crippen molar-refractivity contribution < 1.29 is 4.42 Å². The highest BCUT2D eigenvalue weighted by Crippen LogP contribution is 2.19. The van der Waals surface area contributed by atoms with Crippen LogP contribution in [0.25, 0.3) is 11.3 Å². The molecule has 78 valence electrons. The van der Waals surface area contributed by atoms with Gasteiger partial charge in [-0.05, 0) is 19.1 Å². The third-order valence-corrected chi connectivity index (χ3v) is 2.22. The average molecular weight is 204 g/mol. The number of nitrogens with zero attached hydrogens (tertiary/aromatic N) is 1. The SMILES string of the molecule is CCn1cc(-c2cccc(N)c2)oc1=O. The molecule has 0 atom stereocenters. The van der Waals surface area contributed by atoms with Gasteiger partial charge in [-0.3, -0.25) is 4.57 Å². The zero-order chi connectivity index (χ0) is 10.8. The molecule has 2 N–H and O–H groups in total. The molecule has 0 bridgehead atoms. The van der Waals surface area contributed by atoms with Gasteiger partial charge in [-0.25, -0.2) is 4.79 Å². The van der Waals surface area contributed by atoms with E-state index in [0.717, 1.165) is 5.56 Å². The van der Waals surface area contributed by atoms with Gasteiger partial charge < -0.3 is 10.2 Å². The Morgan fingerprint density at radius 2 is 2.27 bits per heavy atom. The summed E-state index contributed by atoms with van der Waals surface area (Å²) < 4.78 is 6.61. The zero-order valence-corrected chi connectivity index (χ0v) is 8.43. The smallest absolute Gasteiger partial charge is 0.408 e. The van der Waals surface area contributed by atoms with Gasteiger partial charge in [-0.15, -0.1) is 0 Å². The third-order valence-electron chi connectivity index (χ3n) is 2.22. The van der Waals surface area contributed by atoms with Gasteiger partial charge in [0.1, 0.15) is 0 Å². The molecule has 0 spiro atoms. The van der Waals surface area contributed by atoms with Crippen molar-refractivity contribution in [3.63, 3.8) is 0 Å². The van der Waals surface area contributed by atoms with Crippen LogP contribution in [0, 0.1) is 0 Å². The molecule has 15 heavy (non-hydrogen) atoms. The minimum Gasteiger partial charge on any atom is -0.408 e. The molecule has 1 aromatic carbocycles. The summed E-state index contributed by atoms with van der Waals surface area (Å²) in [5, 5.41) is 0. The van der Waals surface area contributed by atoms with Crippen LogP contribution >= 0.6 is 0 Å². The molecule has 4 heteroatoms. The van der Waals surface area contributed by atoms with Gasteiger partial charge >= 0.3 is 5.76 Å². The van der Waals surface area contributed by atoms with Gasteiger partial charge in [0.2, 0.25) is 0 Å². The summed E-state index contributed by atoms with van der Waals surface area (Å²) in [6, 6.07) is 7.25. The lowest BCUT2D eigenvalue weighted by molar-refractivity contribution is 0.493. The van der Waals surface area contributed by atoms with E-state index in [1.165, 1.54) is 4.57 Å². The van der Waals surface area contributed by atoms with Crippen molar-refractivity contribution in [3.05, 3.63) is 41.0 Å². The maximum Gasteiger partial charge on any atom is 0.419 e. The van der Waals surface area contributed by atoms with Gasteiger partial charge in [0.25, 0.3) is 0 Å². The fourth-order valence-electron chi connectivity index (χ4n) is 1.42. The molecule has 0 aliphatic heterocycles. The van der Waals surface area contributed by atoms with Gasteiger partial charge in [0.15, 0.2) is 5.76 Å². The number of anilines is 1. The maximum absolute atomic E-state index is 11.3. The van der Waals surface area contributed by atoms with E-state index < -0.39 is 0 Å². The number of benzene rings is 1. The Morgan fingerprint density at radius 1 is 1.47 bits per heavy atom. The predicted octanol–water partition coefficient (Wildman–Crippen LogP) is 1.71. The highest BCUT2D eigenvalue weighted by molar-refractivity contribution is 5.61. The molecule has 0 aliphatic carbocycles. The predicted molar refractivity (Wildman–Crippen MR) is 58.5 cm³/mol. The first-order valence-electron chi connectivity index (χ1n) is 4.77. The molecule has 4 nitrogen and oxygen atoms in total. The van der Waals surface area contributed by atoms with Gasteiger partial charge in [-0.2, -0.15) is 0 Å². The molecule has 1 heterocycles. The summed E-state index contributed by atoms with van der Waals surface area (Å²) in [6.07, 6.45) is 1.69. The molecular weight excluding hydrogens is 192 g/mol. The molecule has 2 rings (SSSR count). The van der Waals surface area contributed by atoms with Crippen LogP contribution < -0.4 is 11.5 Å². The lowest BCUT2D eigenvalue weighted by Gasteiger charge is -1.96. The van der Waals surface area contributed by atoms with Gasteiger partial charge in [0.05, 0.1) is 6.20 Å². The monoisotopic (exact) mass is 204 g/mol. The molecule has 0 saturated heterocycles. The standard InChI is InChI=1S/C11H12N2O2/c1-2-13-7-10(15-11(13)14)8-4-3-5-9(12)6-8/h3-7H,2,12H2,1H3. The Balaban J connectivity index is 2.50. The number of rotatable bonds is 2. The number of oxazole rings is 1. The molecular formula is C11H12N2O2. The second-order valence-corrected chi connectivity index (χ2v) is 3.27. The van der Waals surface area contributed by atoms with Gasteiger partial charge in [-0.1, -0.05) is 12.1 Å². The fourth-order valence-corrected chi connectivity index (χ4v) is 1.42. The first-order valence-corrected chi connectivity index (χ1v) is 4.77. The Labute approximate surface area is 86.9 Å². The molecule has 0 radical (unpaired) electrons. The number of nitrogen functional groups attached to an aromatic ring is 1. The van der Waals surface area contributed by atoms with Crippen LogP contribution in [0.1, 0.15) is 6.92 Å². The van der Waals surface area contributed by atoms with Crippen LogP contribution in [0.3, 0.4) is 0 Å². The molecule has 2 aromatic rings. The number of aryl methyl sites for hydroxylation is 1. The van der Waals surface area contributed by atoms with Crippen molar-refractivity contribution >= 4 is 5.69 Å². The maximum atomic E-state index is 11.3. The minimum absolute atomic E-state index is 0.338. The van der Waals surface area contributed by atoms with Crippen molar-refractivity contribution in [2.24, 2.45) is 0 Å². The summed E-state index contributed by atoms with van der Waals surface area (Å²) >= 11 is 0. The van der Waals surface area contributed by atoms with E-state index >= 15 is 0 Å². The number of hydrogen-bond donors (Lipinski definition) is 1. The summed E-state index contributed by atoms with van der Waals surface area (Å²) in [7, 11) is 0. The van der Waals surface area contributed by atoms with E-state index in [1.807, 2.05) is 19.1 Å². The van der Waals surface area contributed by atoms with E-state index in [2.05, 4.69) is 0 Å². The molecule has 0 aliphatic rings. The summed E-state index contributed by atoms with van der Waals surface area (Å²) in [5.74, 6) is 0.212. The van der Waals surface area contributed by atoms with Crippen LogP contribution in [0.2, 0.25) is 0 Å². The highest BCUT2D eigenvalue weighted by atomic mass is 16.4. The van der Waals surface area contributed by atoms with Crippen LogP contribution in [-0.2, 0) is 6.54 Å². The molecule has 0 saturated carbocycles. The van der Waals surface area contributed by atoms with Crippen molar-refractivity contribution in [2.75, 3.05) is 5.73 Å². The van der Waals surface area contributed by atoms with Crippen LogP contribution in [0.15, 0.2) is 39.7 Å². The number of aromatic nitrogens is 1. The van der Waals surface area contributed by atoms with Crippen molar-refractivity contribution in [1.82, 2.24) is 4.57 Å². The molecule has 0 fully saturated rings. The Bertz CT molecular complexity index is 525. The summed E-state index contributed by atoms with van der Waals surface area (Å²) in [6.45, 7) is 2.49. The summed E-state index contributed by atoms with van der Waals surface area (Å²) in [5.41, 5.74) is 7.12. The van der Waals surface area contributed by atoms with E-state index in [-0.39, 0.29) is 5.76 Å². The second-order valence-electron chi connectivity index (χ2n) is 3.27. The quantitative estimate of drug-likeness (QED) is 0.757. The van der Waals surface area contributed by atoms with Crippen LogP contribution in [-0.4, -0.2) is 4.57 Å². The minimum atomic E-state index is -0.338. The lowest BCUT2D eigenvalue weighted by Crippen LogP contribution is -2.10. The van der Waals surface area contributed by atoms with Crippen LogP contribution in [0.5, 0.6) is 0 Å². The van der Waals surface area contributed by atoms with E-state index in [1.54, 1.807) is 18.3 Å². The lowest BCUT2D eigenvalue weighted by atomic mass is 10.2. The molecule has 1 aromatic heterocycles. The average Bonchev–Trinajstić information content (AvgIpc) is 2.60. The fraction of sp³-hybridized carbons (Fsp3) is 0.182. The summed E-state index contributed by atoms with van der Waals surface area (Å²) in [4.78, 5) is 11.3. The normalized spacial score (nSPS) is 10.5.